The highest BCUT2D eigenvalue weighted by molar-refractivity contribution is 7.89. The van der Waals surface area contributed by atoms with Crippen LogP contribution < -0.4 is 10.7 Å². The van der Waals surface area contributed by atoms with E-state index in [2.05, 4.69) is 15.8 Å². The third-order valence-electron chi connectivity index (χ3n) is 5.59. The SMILES string of the molecule is CCCN(CCC)S(=O)(=O)c1ccc2c(c1)c(/C=N\NC(=S)Nc1cc(C)ccc1C)cn2C. The first-order valence-corrected chi connectivity index (χ1v) is 13.3. The van der Waals surface area contributed by atoms with Gasteiger partial charge in [0.05, 0.1) is 11.1 Å². The lowest BCUT2D eigenvalue weighted by Gasteiger charge is -2.21. The standard InChI is InChI=1S/C25H33N5O2S2/c1-6-12-30(13-7-2)34(31,32)21-10-11-24-22(15-21)20(17-29(24)5)16-26-28-25(33)27-23-14-18(3)8-9-19(23)4/h8-11,14-17H,6-7,12-13H2,1-5H3,(H2,27,28,33)/b26-16-. The van der Waals surface area contributed by atoms with Gasteiger partial charge in [-0.1, -0.05) is 26.0 Å². The van der Waals surface area contributed by atoms with Crippen molar-refractivity contribution in [1.29, 1.82) is 0 Å². The number of fused-ring (bicyclic) bond motifs is 1. The summed E-state index contributed by atoms with van der Waals surface area (Å²) in [5.74, 6) is 0. The number of rotatable bonds is 9. The minimum absolute atomic E-state index is 0.294. The molecule has 182 valence electrons. The second-order valence-corrected chi connectivity index (χ2v) is 10.8. The number of aromatic nitrogens is 1. The quantitative estimate of drug-likeness (QED) is 0.248. The molecule has 2 aromatic carbocycles. The molecule has 0 fully saturated rings. The third kappa shape index (κ3) is 5.84. The van der Waals surface area contributed by atoms with Gasteiger partial charge in [-0.3, -0.25) is 5.43 Å². The van der Waals surface area contributed by atoms with Crippen LogP contribution in [0.25, 0.3) is 10.9 Å². The van der Waals surface area contributed by atoms with E-state index < -0.39 is 10.0 Å². The molecule has 0 amide bonds. The lowest BCUT2D eigenvalue weighted by Crippen LogP contribution is -2.32. The van der Waals surface area contributed by atoms with E-state index in [1.54, 1.807) is 22.7 Å². The van der Waals surface area contributed by atoms with Gasteiger partial charge in [0, 0.05) is 48.5 Å². The largest absolute Gasteiger partial charge is 0.350 e. The fraction of sp³-hybridized carbons (Fsp3) is 0.360. The molecule has 0 atom stereocenters. The highest BCUT2D eigenvalue weighted by Crippen LogP contribution is 2.25. The van der Waals surface area contributed by atoms with E-state index in [-0.39, 0.29) is 0 Å². The van der Waals surface area contributed by atoms with E-state index in [1.165, 1.54) is 0 Å². The van der Waals surface area contributed by atoms with Crippen molar-refractivity contribution < 1.29 is 8.42 Å². The molecule has 3 aromatic rings. The number of hydrogen-bond donors (Lipinski definition) is 2. The number of nitrogens with one attached hydrogen (secondary N) is 2. The first-order valence-electron chi connectivity index (χ1n) is 11.4. The van der Waals surface area contributed by atoms with Crippen LogP contribution in [0.5, 0.6) is 0 Å². The molecule has 0 aliphatic heterocycles. The molecule has 0 saturated carbocycles. The molecule has 0 spiro atoms. The topological polar surface area (TPSA) is 78.7 Å². The summed E-state index contributed by atoms with van der Waals surface area (Å²) < 4.78 is 30.0. The Balaban J connectivity index is 1.83. The van der Waals surface area contributed by atoms with E-state index in [4.69, 9.17) is 12.2 Å². The Morgan fingerprint density at radius 2 is 1.82 bits per heavy atom. The highest BCUT2D eigenvalue weighted by Gasteiger charge is 2.24. The van der Waals surface area contributed by atoms with Gasteiger partial charge in [-0.25, -0.2) is 8.42 Å². The van der Waals surface area contributed by atoms with Crippen LogP contribution >= 0.6 is 12.2 Å². The first kappa shape index (κ1) is 25.9. The van der Waals surface area contributed by atoms with E-state index in [9.17, 15) is 8.42 Å². The van der Waals surface area contributed by atoms with Gasteiger partial charge in [0.2, 0.25) is 10.0 Å². The summed E-state index contributed by atoms with van der Waals surface area (Å²) in [7, 11) is -1.64. The maximum atomic E-state index is 13.3. The van der Waals surface area contributed by atoms with Crippen molar-refractivity contribution in [3.05, 3.63) is 59.3 Å². The Kier molecular flexibility index (Phi) is 8.46. The average Bonchev–Trinajstić information content (AvgIpc) is 3.11. The van der Waals surface area contributed by atoms with Crippen LogP contribution in [0, 0.1) is 13.8 Å². The van der Waals surface area contributed by atoms with E-state index >= 15 is 0 Å². The van der Waals surface area contributed by atoms with Crippen LogP contribution in [0.4, 0.5) is 5.69 Å². The predicted octanol–water partition coefficient (Wildman–Crippen LogP) is 4.93. The maximum absolute atomic E-state index is 13.3. The molecule has 1 aromatic heterocycles. The number of thiocarbonyl (C=S) groups is 1. The van der Waals surface area contributed by atoms with Gasteiger partial charge < -0.3 is 9.88 Å². The number of hydrogen-bond acceptors (Lipinski definition) is 4. The number of aryl methyl sites for hydroxylation is 3. The number of benzene rings is 2. The maximum Gasteiger partial charge on any atom is 0.243 e. The zero-order valence-corrected chi connectivity index (χ0v) is 22.1. The molecule has 2 N–H and O–H groups in total. The molecular formula is C25H33N5O2S2. The fourth-order valence-electron chi connectivity index (χ4n) is 3.85. The van der Waals surface area contributed by atoms with Crippen molar-refractivity contribution in [1.82, 2.24) is 14.3 Å². The molecule has 0 aliphatic carbocycles. The smallest absolute Gasteiger partial charge is 0.243 e. The van der Waals surface area contributed by atoms with Crippen LogP contribution in [-0.2, 0) is 17.1 Å². The normalized spacial score (nSPS) is 12.1. The van der Waals surface area contributed by atoms with Crippen LogP contribution in [0.1, 0.15) is 43.4 Å². The van der Waals surface area contributed by atoms with Gasteiger partial charge in [0.25, 0.3) is 0 Å². The number of hydrazone groups is 1. The van der Waals surface area contributed by atoms with Crippen molar-refractivity contribution in [2.24, 2.45) is 12.1 Å². The Bertz CT molecular complexity index is 1310. The Hall–Kier alpha value is -2.75. The lowest BCUT2D eigenvalue weighted by molar-refractivity contribution is 0.410. The Morgan fingerprint density at radius 3 is 2.50 bits per heavy atom. The van der Waals surface area contributed by atoms with Crippen molar-refractivity contribution in [3.63, 3.8) is 0 Å². The Labute approximate surface area is 207 Å². The Morgan fingerprint density at radius 1 is 1.12 bits per heavy atom. The van der Waals surface area contributed by atoms with Crippen LogP contribution in [0.3, 0.4) is 0 Å². The summed E-state index contributed by atoms with van der Waals surface area (Å²) >= 11 is 5.38. The number of sulfonamides is 1. The second kappa shape index (κ2) is 11.1. The van der Waals surface area contributed by atoms with Gasteiger partial charge in [0.1, 0.15) is 0 Å². The molecule has 7 nitrogen and oxygen atoms in total. The van der Waals surface area contributed by atoms with E-state index in [0.29, 0.717) is 23.1 Å². The minimum Gasteiger partial charge on any atom is -0.350 e. The van der Waals surface area contributed by atoms with Crippen molar-refractivity contribution >= 4 is 50.2 Å². The zero-order valence-electron chi connectivity index (χ0n) is 20.4. The summed E-state index contributed by atoms with van der Waals surface area (Å²) in [4.78, 5) is 0.294. The highest BCUT2D eigenvalue weighted by atomic mass is 32.2. The monoisotopic (exact) mass is 499 g/mol. The molecule has 1 heterocycles. The molecule has 9 heteroatoms. The fourth-order valence-corrected chi connectivity index (χ4v) is 5.66. The molecule has 0 bridgehead atoms. The molecule has 34 heavy (non-hydrogen) atoms. The van der Waals surface area contributed by atoms with E-state index in [1.807, 2.05) is 69.8 Å². The summed E-state index contributed by atoms with van der Waals surface area (Å²) in [6, 6.07) is 11.4. The molecular weight excluding hydrogens is 466 g/mol. The third-order valence-corrected chi connectivity index (χ3v) is 7.67. The van der Waals surface area contributed by atoms with Gasteiger partial charge >= 0.3 is 0 Å². The van der Waals surface area contributed by atoms with Gasteiger partial charge in [-0.2, -0.15) is 9.41 Å². The van der Waals surface area contributed by atoms with Crippen LogP contribution in [0.2, 0.25) is 0 Å². The summed E-state index contributed by atoms with van der Waals surface area (Å²) in [5.41, 5.74) is 7.72. The number of anilines is 1. The van der Waals surface area contributed by atoms with Crippen molar-refractivity contribution in [2.75, 3.05) is 18.4 Å². The first-order chi connectivity index (χ1) is 16.2. The van der Waals surface area contributed by atoms with Crippen LogP contribution in [0.15, 0.2) is 52.6 Å². The summed E-state index contributed by atoms with van der Waals surface area (Å²) in [6.07, 6.45) is 5.12. The second-order valence-electron chi connectivity index (χ2n) is 8.42. The van der Waals surface area contributed by atoms with Gasteiger partial charge in [-0.15, -0.1) is 0 Å². The predicted molar refractivity (Wildman–Crippen MR) is 145 cm³/mol. The molecule has 0 unspecified atom stereocenters. The molecule has 0 radical (unpaired) electrons. The minimum atomic E-state index is -3.57. The van der Waals surface area contributed by atoms with Crippen molar-refractivity contribution in [3.8, 4) is 0 Å². The number of nitrogens with zero attached hydrogens (tertiary/aromatic N) is 3. The average molecular weight is 500 g/mol. The summed E-state index contributed by atoms with van der Waals surface area (Å²) in [6.45, 7) is 9.02. The zero-order chi connectivity index (χ0) is 24.9. The van der Waals surface area contributed by atoms with Crippen molar-refractivity contribution in [2.45, 2.75) is 45.4 Å². The van der Waals surface area contributed by atoms with Crippen LogP contribution in [-0.4, -0.2) is 41.7 Å². The van der Waals surface area contributed by atoms with Gasteiger partial charge in [-0.05, 0) is 74.3 Å². The summed E-state index contributed by atoms with van der Waals surface area (Å²) in [5, 5.41) is 8.64. The molecule has 0 saturated heterocycles. The molecule has 0 aliphatic rings. The molecule has 3 rings (SSSR count). The van der Waals surface area contributed by atoms with Gasteiger partial charge in [0.15, 0.2) is 5.11 Å². The lowest BCUT2D eigenvalue weighted by atomic mass is 10.1. The van der Waals surface area contributed by atoms with E-state index in [0.717, 1.165) is 46.1 Å².